The summed E-state index contributed by atoms with van der Waals surface area (Å²) in [7, 11) is 0. The summed E-state index contributed by atoms with van der Waals surface area (Å²) in [5, 5.41) is 3.76. The lowest BCUT2D eigenvalue weighted by Crippen LogP contribution is -2.59. The van der Waals surface area contributed by atoms with E-state index in [-0.39, 0.29) is 5.54 Å². The minimum absolute atomic E-state index is 0.191. The normalized spacial score (nSPS) is 23.2. The van der Waals surface area contributed by atoms with E-state index < -0.39 is 0 Å². The van der Waals surface area contributed by atoms with Crippen LogP contribution >= 0.6 is 15.9 Å². The molecule has 2 fully saturated rings. The predicted octanol–water partition coefficient (Wildman–Crippen LogP) is 5.04. The topological polar surface area (TPSA) is 12.0 Å². The molecule has 2 saturated carbocycles. The number of hydrogen-bond acceptors (Lipinski definition) is 1. The smallest absolute Gasteiger partial charge is 0.0213 e. The molecule has 3 rings (SSSR count). The number of benzene rings is 1. The molecule has 1 spiro atoms. The van der Waals surface area contributed by atoms with Crippen molar-refractivity contribution in [1.29, 1.82) is 0 Å². The lowest BCUT2D eigenvalue weighted by atomic mass is 9.43. The fraction of sp³-hybridized carbons (Fsp3) is 0.667. The average Bonchev–Trinajstić information content (AvgIpc) is 2.26. The van der Waals surface area contributed by atoms with Crippen molar-refractivity contribution in [1.82, 2.24) is 5.32 Å². The van der Waals surface area contributed by atoms with Crippen LogP contribution in [-0.4, -0.2) is 12.1 Å². The molecule has 1 N–H and O–H groups in total. The largest absolute Gasteiger partial charge is 0.311 e. The van der Waals surface area contributed by atoms with Crippen molar-refractivity contribution < 1.29 is 0 Å². The van der Waals surface area contributed by atoms with Crippen LogP contribution < -0.4 is 5.32 Å². The summed E-state index contributed by atoms with van der Waals surface area (Å²) in [4.78, 5) is 0. The predicted molar refractivity (Wildman–Crippen MR) is 89.1 cm³/mol. The van der Waals surface area contributed by atoms with Crippen LogP contribution in [0.4, 0.5) is 0 Å². The van der Waals surface area contributed by atoms with Gasteiger partial charge in [-0.3, -0.25) is 0 Å². The van der Waals surface area contributed by atoms with Crippen LogP contribution in [0.3, 0.4) is 0 Å². The third-order valence-corrected chi connectivity index (χ3v) is 5.93. The maximum Gasteiger partial charge on any atom is 0.0213 e. The zero-order valence-corrected chi connectivity index (χ0v) is 14.5. The Labute approximate surface area is 131 Å². The SMILES string of the molecule is CC(C)(C)NCC1(c2ccccc2Br)CC2(CCC2)C1. The first-order valence-electron chi connectivity index (χ1n) is 7.84. The fourth-order valence-electron chi connectivity index (χ4n) is 4.15. The Kier molecular flexibility index (Phi) is 3.53. The highest BCUT2D eigenvalue weighted by Crippen LogP contribution is 2.65. The quantitative estimate of drug-likeness (QED) is 0.815. The third kappa shape index (κ3) is 2.57. The van der Waals surface area contributed by atoms with Gasteiger partial charge in [-0.05, 0) is 63.5 Å². The van der Waals surface area contributed by atoms with E-state index in [1.807, 2.05) is 0 Å². The van der Waals surface area contributed by atoms with Gasteiger partial charge in [-0.1, -0.05) is 40.5 Å². The lowest BCUT2D eigenvalue weighted by molar-refractivity contribution is -0.0506. The first-order chi connectivity index (χ1) is 9.34. The molecule has 1 aromatic carbocycles. The van der Waals surface area contributed by atoms with E-state index in [9.17, 15) is 0 Å². The molecule has 2 heteroatoms. The van der Waals surface area contributed by atoms with Gasteiger partial charge in [0.25, 0.3) is 0 Å². The highest BCUT2D eigenvalue weighted by molar-refractivity contribution is 9.10. The van der Waals surface area contributed by atoms with Gasteiger partial charge in [0.15, 0.2) is 0 Å². The number of rotatable bonds is 3. The van der Waals surface area contributed by atoms with Crippen LogP contribution in [0.25, 0.3) is 0 Å². The lowest BCUT2D eigenvalue weighted by Gasteiger charge is -2.62. The Bertz CT molecular complexity index is 488. The number of halogens is 1. The van der Waals surface area contributed by atoms with E-state index in [2.05, 4.69) is 66.3 Å². The maximum absolute atomic E-state index is 3.78. The minimum Gasteiger partial charge on any atom is -0.311 e. The molecule has 0 amide bonds. The highest BCUT2D eigenvalue weighted by Gasteiger charge is 2.57. The molecule has 20 heavy (non-hydrogen) atoms. The number of nitrogens with one attached hydrogen (secondary N) is 1. The molecule has 110 valence electrons. The summed E-state index contributed by atoms with van der Waals surface area (Å²) >= 11 is 3.78. The van der Waals surface area contributed by atoms with Gasteiger partial charge in [0.2, 0.25) is 0 Å². The van der Waals surface area contributed by atoms with Gasteiger partial charge in [-0.2, -0.15) is 0 Å². The van der Waals surface area contributed by atoms with E-state index in [1.165, 1.54) is 42.1 Å². The minimum atomic E-state index is 0.191. The summed E-state index contributed by atoms with van der Waals surface area (Å²) in [6.45, 7) is 7.89. The molecular formula is C18H26BrN. The molecule has 1 aromatic rings. The molecule has 0 saturated heterocycles. The first kappa shape index (κ1) is 14.6. The van der Waals surface area contributed by atoms with Gasteiger partial charge in [-0.15, -0.1) is 0 Å². The Hall–Kier alpha value is -0.340. The molecule has 0 heterocycles. The Balaban J connectivity index is 1.83. The third-order valence-electron chi connectivity index (χ3n) is 5.24. The summed E-state index contributed by atoms with van der Waals surface area (Å²) in [5.41, 5.74) is 2.73. The van der Waals surface area contributed by atoms with Gasteiger partial charge < -0.3 is 5.32 Å². The standard InChI is InChI=1S/C18H26BrN/c1-16(2,3)20-13-18(11-17(12-18)9-6-10-17)14-7-4-5-8-15(14)19/h4-5,7-8,20H,6,9-13H2,1-3H3. The zero-order chi connectivity index (χ0) is 14.4. The Morgan fingerprint density at radius 3 is 2.30 bits per heavy atom. The molecule has 1 nitrogen and oxygen atoms in total. The second-order valence-corrected chi connectivity index (χ2v) is 8.93. The van der Waals surface area contributed by atoms with Gasteiger partial charge >= 0.3 is 0 Å². The Morgan fingerprint density at radius 1 is 1.15 bits per heavy atom. The summed E-state index contributed by atoms with van der Waals surface area (Å²) in [6, 6.07) is 8.82. The second kappa shape index (κ2) is 4.84. The van der Waals surface area contributed by atoms with Crippen molar-refractivity contribution in [2.45, 2.75) is 63.8 Å². The first-order valence-corrected chi connectivity index (χ1v) is 8.64. The van der Waals surface area contributed by atoms with Crippen LogP contribution in [0.2, 0.25) is 0 Å². The summed E-state index contributed by atoms with van der Waals surface area (Å²) in [6.07, 6.45) is 7.08. The molecule has 0 atom stereocenters. The van der Waals surface area contributed by atoms with E-state index >= 15 is 0 Å². The molecule has 0 radical (unpaired) electrons. The van der Waals surface area contributed by atoms with Gasteiger partial charge in [0.1, 0.15) is 0 Å². The molecule has 0 unspecified atom stereocenters. The monoisotopic (exact) mass is 335 g/mol. The van der Waals surface area contributed by atoms with E-state index in [1.54, 1.807) is 0 Å². The van der Waals surface area contributed by atoms with Gasteiger partial charge in [-0.25, -0.2) is 0 Å². The average molecular weight is 336 g/mol. The van der Waals surface area contributed by atoms with Crippen molar-refractivity contribution in [3.05, 3.63) is 34.3 Å². The molecular weight excluding hydrogens is 310 g/mol. The van der Waals surface area contributed by atoms with E-state index in [0.717, 1.165) is 6.54 Å². The number of hydrogen-bond donors (Lipinski definition) is 1. The van der Waals surface area contributed by atoms with Crippen LogP contribution in [0.15, 0.2) is 28.7 Å². The van der Waals surface area contributed by atoms with Crippen molar-refractivity contribution >= 4 is 15.9 Å². The van der Waals surface area contributed by atoms with Gasteiger partial charge in [0, 0.05) is 22.0 Å². The highest BCUT2D eigenvalue weighted by atomic mass is 79.9. The fourth-order valence-corrected chi connectivity index (χ4v) is 4.86. The second-order valence-electron chi connectivity index (χ2n) is 8.07. The molecule has 0 aliphatic heterocycles. The van der Waals surface area contributed by atoms with Crippen LogP contribution in [0.5, 0.6) is 0 Å². The van der Waals surface area contributed by atoms with Crippen LogP contribution in [0.1, 0.15) is 58.4 Å². The van der Waals surface area contributed by atoms with Crippen molar-refractivity contribution in [3.63, 3.8) is 0 Å². The Morgan fingerprint density at radius 2 is 1.80 bits per heavy atom. The summed E-state index contributed by atoms with van der Waals surface area (Å²) in [5.74, 6) is 0. The molecule has 0 bridgehead atoms. The van der Waals surface area contributed by atoms with Crippen molar-refractivity contribution in [3.8, 4) is 0 Å². The van der Waals surface area contributed by atoms with E-state index in [4.69, 9.17) is 0 Å². The molecule has 2 aliphatic carbocycles. The van der Waals surface area contributed by atoms with Gasteiger partial charge in [0.05, 0.1) is 0 Å². The maximum atomic E-state index is 3.78. The van der Waals surface area contributed by atoms with Crippen LogP contribution in [0, 0.1) is 5.41 Å². The summed E-state index contributed by atoms with van der Waals surface area (Å²) < 4.78 is 1.28. The molecule has 0 aromatic heterocycles. The van der Waals surface area contributed by atoms with Crippen LogP contribution in [-0.2, 0) is 5.41 Å². The zero-order valence-electron chi connectivity index (χ0n) is 12.9. The van der Waals surface area contributed by atoms with E-state index in [0.29, 0.717) is 10.8 Å². The van der Waals surface area contributed by atoms with Crippen molar-refractivity contribution in [2.24, 2.45) is 5.41 Å². The molecule has 2 aliphatic rings. The van der Waals surface area contributed by atoms with Crippen molar-refractivity contribution in [2.75, 3.05) is 6.54 Å².